The van der Waals surface area contributed by atoms with Crippen molar-refractivity contribution in [1.29, 1.82) is 0 Å². The summed E-state index contributed by atoms with van der Waals surface area (Å²) in [4.78, 5) is 29.0. The number of carbonyl (C=O) groups is 2. The monoisotopic (exact) mass is 442 g/mol. The molecular weight excluding hydrogens is 424 g/mol. The van der Waals surface area contributed by atoms with E-state index in [1.807, 2.05) is 4.90 Å². The summed E-state index contributed by atoms with van der Waals surface area (Å²) in [6.45, 7) is 0.929. The maximum absolute atomic E-state index is 12.2. The van der Waals surface area contributed by atoms with Gasteiger partial charge in [-0.2, -0.15) is 0 Å². The van der Waals surface area contributed by atoms with Crippen LogP contribution in [0.2, 0.25) is 5.02 Å². The van der Waals surface area contributed by atoms with Gasteiger partial charge in [0.2, 0.25) is 5.91 Å². The topological polar surface area (TPSA) is 89.0 Å². The summed E-state index contributed by atoms with van der Waals surface area (Å²) in [5.74, 6) is 0.917. The quantitative estimate of drug-likeness (QED) is 0.592. The third kappa shape index (κ3) is 5.30. The number of carbonyl (C=O) groups excluding carboxylic acids is 1. The molecule has 1 fully saturated rings. The average Bonchev–Trinajstić information content (AvgIpc) is 3.27. The Labute approximate surface area is 175 Å². The molecule has 2 aromatic rings. The van der Waals surface area contributed by atoms with Gasteiger partial charge in [-0.15, -0.1) is 11.3 Å². The smallest absolute Gasteiger partial charge is 0.355 e. The summed E-state index contributed by atoms with van der Waals surface area (Å²) in [5.41, 5.74) is 0.0491. The van der Waals surface area contributed by atoms with E-state index in [9.17, 15) is 9.59 Å². The van der Waals surface area contributed by atoms with Crippen LogP contribution >= 0.6 is 34.7 Å². The fraction of sp³-hybridized carbons (Fsp3) is 0.389. The Balaban J connectivity index is 1.52. The molecule has 1 aliphatic heterocycles. The molecule has 1 N–H and O–H groups in total. The number of hydrogen-bond acceptors (Lipinski definition) is 7. The number of carboxylic acid groups (broad SMARTS) is 1. The summed E-state index contributed by atoms with van der Waals surface area (Å²) in [6, 6.07) is 5.16. The molecule has 1 aliphatic rings. The lowest BCUT2D eigenvalue weighted by Gasteiger charge is -2.24. The van der Waals surface area contributed by atoms with Crippen molar-refractivity contribution in [1.82, 2.24) is 9.88 Å². The number of benzene rings is 1. The van der Waals surface area contributed by atoms with Gasteiger partial charge < -0.3 is 19.5 Å². The first-order chi connectivity index (χ1) is 13.5. The van der Waals surface area contributed by atoms with E-state index in [0.29, 0.717) is 46.2 Å². The van der Waals surface area contributed by atoms with Crippen LogP contribution in [-0.4, -0.2) is 58.9 Å². The minimum absolute atomic E-state index is 0.0102. The van der Waals surface area contributed by atoms with E-state index in [1.54, 1.807) is 25.3 Å². The molecule has 10 heteroatoms. The Hall–Kier alpha value is -1.97. The van der Waals surface area contributed by atoms with E-state index in [-0.39, 0.29) is 17.6 Å². The Bertz CT molecular complexity index is 860. The van der Waals surface area contributed by atoms with E-state index in [4.69, 9.17) is 26.2 Å². The number of thioether (sulfide) groups is 1. The number of thiazole rings is 1. The maximum atomic E-state index is 12.2. The molecule has 0 spiro atoms. The molecular formula is C18H19ClN2O5S2. The second-order valence-electron chi connectivity index (χ2n) is 6.07. The fourth-order valence-corrected chi connectivity index (χ4v) is 4.88. The lowest BCUT2D eigenvalue weighted by atomic mass is 10.2. The Morgan fingerprint density at radius 3 is 2.93 bits per heavy atom. The van der Waals surface area contributed by atoms with Gasteiger partial charge in [0.05, 0.1) is 13.2 Å². The lowest BCUT2D eigenvalue weighted by molar-refractivity contribution is -0.129. The van der Waals surface area contributed by atoms with Gasteiger partial charge in [-0.1, -0.05) is 23.4 Å². The molecule has 1 amide bonds. The zero-order valence-corrected chi connectivity index (χ0v) is 17.5. The lowest BCUT2D eigenvalue weighted by Crippen LogP contribution is -2.38. The number of halogens is 1. The maximum Gasteiger partial charge on any atom is 0.355 e. The number of hydrogen-bond donors (Lipinski definition) is 1. The molecule has 0 aliphatic carbocycles. The number of amides is 1. The van der Waals surface area contributed by atoms with Crippen LogP contribution in [-0.2, 0) is 4.79 Å². The van der Waals surface area contributed by atoms with Crippen LogP contribution in [0.4, 0.5) is 0 Å². The molecule has 0 saturated carbocycles. The molecule has 1 saturated heterocycles. The normalized spacial score (nSPS) is 16.4. The summed E-state index contributed by atoms with van der Waals surface area (Å²) in [5, 5.41) is 11.0. The van der Waals surface area contributed by atoms with E-state index >= 15 is 0 Å². The van der Waals surface area contributed by atoms with Crippen molar-refractivity contribution in [2.75, 3.05) is 26.0 Å². The highest BCUT2D eigenvalue weighted by Crippen LogP contribution is 2.28. The van der Waals surface area contributed by atoms with Crippen molar-refractivity contribution in [3.8, 4) is 11.5 Å². The van der Waals surface area contributed by atoms with Crippen LogP contribution < -0.4 is 9.47 Å². The van der Waals surface area contributed by atoms with Gasteiger partial charge in [0.1, 0.15) is 18.1 Å². The summed E-state index contributed by atoms with van der Waals surface area (Å²) < 4.78 is 11.7. The first-order valence-electron chi connectivity index (χ1n) is 8.54. The predicted octanol–water partition coefficient (Wildman–Crippen LogP) is 3.67. The molecule has 1 aromatic carbocycles. The van der Waals surface area contributed by atoms with Gasteiger partial charge in [-0.3, -0.25) is 4.79 Å². The first-order valence-corrected chi connectivity index (χ1v) is 10.8. The van der Waals surface area contributed by atoms with Crippen LogP contribution in [0.3, 0.4) is 0 Å². The van der Waals surface area contributed by atoms with E-state index in [0.717, 1.165) is 6.42 Å². The van der Waals surface area contributed by atoms with Gasteiger partial charge in [-0.05, 0) is 18.6 Å². The van der Waals surface area contributed by atoms with E-state index in [2.05, 4.69) is 4.98 Å². The summed E-state index contributed by atoms with van der Waals surface area (Å²) in [6.07, 6.45) is 1.24. The van der Waals surface area contributed by atoms with Gasteiger partial charge in [0.25, 0.3) is 0 Å². The van der Waals surface area contributed by atoms with Crippen molar-refractivity contribution in [2.45, 2.75) is 23.2 Å². The Morgan fingerprint density at radius 1 is 1.43 bits per heavy atom. The summed E-state index contributed by atoms with van der Waals surface area (Å²) in [7, 11) is 1.56. The molecule has 150 valence electrons. The van der Waals surface area contributed by atoms with E-state index < -0.39 is 5.97 Å². The molecule has 28 heavy (non-hydrogen) atoms. The minimum atomic E-state index is -1.03. The van der Waals surface area contributed by atoms with Crippen LogP contribution in [0.5, 0.6) is 11.5 Å². The van der Waals surface area contributed by atoms with E-state index in [1.165, 1.54) is 28.5 Å². The van der Waals surface area contributed by atoms with Gasteiger partial charge in [0.15, 0.2) is 10.0 Å². The average molecular weight is 443 g/mol. The molecule has 1 atom stereocenters. The molecule has 1 unspecified atom stereocenters. The van der Waals surface area contributed by atoms with Gasteiger partial charge in [-0.25, -0.2) is 9.78 Å². The third-order valence-corrected chi connectivity index (χ3v) is 6.45. The van der Waals surface area contributed by atoms with Crippen molar-refractivity contribution in [3.05, 3.63) is 34.3 Å². The number of ether oxygens (including phenoxy) is 2. The standard InChI is InChI=1S/C18H19ClN2O5S2/c1-25-13-6-11(19)7-14(8-13)26-9-12-2-3-16(22)21(12)4-5-27-18-20-15(10-28-18)17(23)24/h6-8,10,12H,2-5,9H2,1H3,(H,23,24). The Morgan fingerprint density at radius 2 is 2.21 bits per heavy atom. The summed E-state index contributed by atoms with van der Waals surface area (Å²) >= 11 is 8.79. The number of nitrogens with zero attached hydrogens (tertiary/aromatic N) is 2. The van der Waals surface area contributed by atoms with Crippen LogP contribution in [0, 0.1) is 0 Å². The minimum Gasteiger partial charge on any atom is -0.497 e. The third-order valence-electron chi connectivity index (χ3n) is 4.24. The van der Waals surface area contributed by atoms with Crippen molar-refractivity contribution < 1.29 is 24.2 Å². The number of aromatic carboxylic acids is 1. The van der Waals surface area contributed by atoms with Crippen LogP contribution in [0.25, 0.3) is 0 Å². The van der Waals surface area contributed by atoms with Gasteiger partial charge in [0, 0.05) is 35.2 Å². The highest BCUT2D eigenvalue weighted by atomic mass is 35.5. The predicted molar refractivity (Wildman–Crippen MR) is 108 cm³/mol. The zero-order chi connectivity index (χ0) is 20.1. The highest BCUT2D eigenvalue weighted by molar-refractivity contribution is 8.01. The zero-order valence-electron chi connectivity index (χ0n) is 15.1. The largest absolute Gasteiger partial charge is 0.497 e. The molecule has 0 radical (unpaired) electrons. The molecule has 7 nitrogen and oxygen atoms in total. The molecule has 2 heterocycles. The number of carboxylic acids is 1. The second-order valence-corrected chi connectivity index (χ2v) is 8.71. The Kier molecular flexibility index (Phi) is 7.03. The van der Waals surface area contributed by atoms with Gasteiger partial charge >= 0.3 is 5.97 Å². The highest BCUT2D eigenvalue weighted by Gasteiger charge is 2.31. The molecule has 1 aromatic heterocycles. The number of rotatable bonds is 9. The van der Waals surface area contributed by atoms with Crippen molar-refractivity contribution in [2.24, 2.45) is 0 Å². The second kappa shape index (κ2) is 9.49. The first kappa shape index (κ1) is 20.8. The fourth-order valence-electron chi connectivity index (χ4n) is 2.86. The number of methoxy groups -OCH3 is 1. The number of likely N-dealkylation sites (tertiary alicyclic amines) is 1. The molecule has 3 rings (SSSR count). The van der Waals surface area contributed by atoms with Crippen molar-refractivity contribution in [3.63, 3.8) is 0 Å². The van der Waals surface area contributed by atoms with Crippen LogP contribution in [0.15, 0.2) is 27.9 Å². The number of aromatic nitrogens is 1. The van der Waals surface area contributed by atoms with Crippen molar-refractivity contribution >= 4 is 46.6 Å². The van der Waals surface area contributed by atoms with Crippen LogP contribution in [0.1, 0.15) is 23.3 Å². The molecule has 0 bridgehead atoms. The SMILES string of the molecule is COc1cc(Cl)cc(OCC2CCC(=O)N2CCSc2nc(C(=O)O)cs2)c1.